The maximum absolute atomic E-state index is 12.4. The van der Waals surface area contributed by atoms with Gasteiger partial charge in [-0.3, -0.25) is 14.8 Å². The third-order valence-corrected chi connectivity index (χ3v) is 5.44. The van der Waals surface area contributed by atoms with E-state index in [0.29, 0.717) is 10.2 Å². The van der Waals surface area contributed by atoms with Gasteiger partial charge in [0.15, 0.2) is 15.0 Å². The minimum absolute atomic E-state index is 0.108. The number of hydrogen-bond acceptors (Lipinski definition) is 7. The molecule has 130 valence electrons. The monoisotopic (exact) mass is 380 g/mol. The molecular formula is C14H12N4O5S2. The molecule has 0 saturated heterocycles. The molecule has 0 saturated carbocycles. The molecule has 0 bridgehead atoms. The van der Waals surface area contributed by atoms with Crippen LogP contribution in [0, 0.1) is 0 Å². The van der Waals surface area contributed by atoms with Gasteiger partial charge in [0.05, 0.1) is 21.3 Å². The van der Waals surface area contributed by atoms with Crippen molar-refractivity contribution in [2.24, 2.45) is 7.05 Å². The Bertz CT molecular complexity index is 1110. The Morgan fingerprint density at radius 1 is 1.32 bits per heavy atom. The number of carbonyl (C=O) groups is 2. The Morgan fingerprint density at radius 3 is 2.68 bits per heavy atom. The Kier molecular flexibility index (Phi) is 4.05. The van der Waals surface area contributed by atoms with Crippen molar-refractivity contribution in [3.8, 4) is 0 Å². The maximum atomic E-state index is 12.4. The summed E-state index contributed by atoms with van der Waals surface area (Å²) in [6.07, 6.45) is 2.20. The summed E-state index contributed by atoms with van der Waals surface area (Å²) in [4.78, 5) is 27.9. The number of aryl methyl sites for hydroxylation is 1. The number of rotatable bonds is 4. The van der Waals surface area contributed by atoms with Crippen molar-refractivity contribution >= 4 is 48.4 Å². The Morgan fingerprint density at radius 2 is 2.04 bits per heavy atom. The predicted molar refractivity (Wildman–Crippen MR) is 90.9 cm³/mol. The molecule has 3 rings (SSSR count). The van der Waals surface area contributed by atoms with Crippen molar-refractivity contribution in [1.29, 1.82) is 0 Å². The Balaban J connectivity index is 1.95. The molecule has 2 heterocycles. The number of fused-ring (bicyclic) bond motifs is 1. The summed E-state index contributed by atoms with van der Waals surface area (Å²) in [6.45, 7) is 0. The normalized spacial score (nSPS) is 11.6. The summed E-state index contributed by atoms with van der Waals surface area (Å²) in [5.41, 5.74) is 0.195. The molecule has 0 aliphatic rings. The van der Waals surface area contributed by atoms with Crippen LogP contribution < -0.4 is 5.32 Å². The largest absolute Gasteiger partial charge is 0.478 e. The molecule has 0 fully saturated rings. The highest BCUT2D eigenvalue weighted by atomic mass is 32.2. The topological polar surface area (TPSA) is 131 Å². The number of hydrogen-bond donors (Lipinski definition) is 2. The van der Waals surface area contributed by atoms with Gasteiger partial charge >= 0.3 is 5.97 Å². The van der Waals surface area contributed by atoms with Crippen LogP contribution in [0.2, 0.25) is 0 Å². The first-order valence-electron chi connectivity index (χ1n) is 6.84. The van der Waals surface area contributed by atoms with E-state index < -0.39 is 21.7 Å². The highest BCUT2D eigenvalue weighted by molar-refractivity contribution is 7.90. The van der Waals surface area contributed by atoms with Crippen LogP contribution in [-0.2, 0) is 16.9 Å². The molecule has 2 aromatic heterocycles. The smallest absolute Gasteiger partial charge is 0.339 e. The number of nitrogens with zero attached hydrogens (tertiary/aromatic N) is 3. The highest BCUT2D eigenvalue weighted by Gasteiger charge is 2.22. The molecule has 0 aliphatic heterocycles. The van der Waals surface area contributed by atoms with Crippen molar-refractivity contribution in [3.63, 3.8) is 0 Å². The fourth-order valence-electron chi connectivity index (χ4n) is 2.21. The first kappa shape index (κ1) is 17.0. The standard InChI is InChI=1S/C14H12N4O5S2/c1-18-11(8(6-15-18)13(20)21)12(19)17-14-16-9-4-3-7(25(2,22)23)5-10(9)24-14/h3-6H,1-2H3,(H,20,21)(H,16,17,19). The molecule has 1 aromatic carbocycles. The summed E-state index contributed by atoms with van der Waals surface area (Å²) in [5.74, 6) is -1.93. The predicted octanol–water partition coefficient (Wildman–Crippen LogP) is 1.38. The number of benzene rings is 1. The van der Waals surface area contributed by atoms with Crippen LogP contribution in [-0.4, -0.2) is 46.4 Å². The quantitative estimate of drug-likeness (QED) is 0.699. The molecule has 0 radical (unpaired) electrons. The van der Waals surface area contributed by atoms with Crippen molar-refractivity contribution in [3.05, 3.63) is 35.7 Å². The number of sulfone groups is 1. The molecular weight excluding hydrogens is 368 g/mol. The molecule has 11 heteroatoms. The number of carboxylic acids is 1. The van der Waals surface area contributed by atoms with Gasteiger partial charge < -0.3 is 5.11 Å². The van der Waals surface area contributed by atoms with E-state index in [1.165, 1.54) is 19.2 Å². The van der Waals surface area contributed by atoms with Gasteiger partial charge in [-0.15, -0.1) is 0 Å². The van der Waals surface area contributed by atoms with Crippen LogP contribution in [0.3, 0.4) is 0 Å². The second-order valence-corrected chi connectivity index (χ2v) is 8.26. The summed E-state index contributed by atoms with van der Waals surface area (Å²) in [5, 5.41) is 15.6. The van der Waals surface area contributed by atoms with E-state index in [9.17, 15) is 18.0 Å². The minimum atomic E-state index is -3.35. The van der Waals surface area contributed by atoms with Gasteiger partial charge in [-0.25, -0.2) is 18.2 Å². The first-order valence-corrected chi connectivity index (χ1v) is 9.55. The molecule has 2 N–H and O–H groups in total. The van der Waals surface area contributed by atoms with Gasteiger partial charge in [0.2, 0.25) is 0 Å². The molecule has 0 spiro atoms. The average Bonchev–Trinajstić information content (AvgIpc) is 3.07. The second-order valence-electron chi connectivity index (χ2n) is 5.21. The lowest BCUT2D eigenvalue weighted by molar-refractivity contribution is 0.0692. The zero-order chi connectivity index (χ0) is 18.4. The van der Waals surface area contributed by atoms with Gasteiger partial charge in [-0.05, 0) is 18.2 Å². The lowest BCUT2D eigenvalue weighted by Gasteiger charge is -2.03. The first-order chi connectivity index (χ1) is 11.7. The van der Waals surface area contributed by atoms with E-state index in [-0.39, 0.29) is 21.3 Å². The number of carbonyl (C=O) groups excluding carboxylic acids is 1. The van der Waals surface area contributed by atoms with E-state index in [1.807, 2.05) is 0 Å². The van der Waals surface area contributed by atoms with Gasteiger partial charge in [0.25, 0.3) is 5.91 Å². The van der Waals surface area contributed by atoms with E-state index in [2.05, 4.69) is 15.4 Å². The average molecular weight is 380 g/mol. The van der Waals surface area contributed by atoms with Crippen LogP contribution in [0.25, 0.3) is 10.2 Å². The van der Waals surface area contributed by atoms with Gasteiger partial charge in [0, 0.05) is 13.3 Å². The number of thiazole rings is 1. The fraction of sp³-hybridized carbons (Fsp3) is 0.143. The molecule has 0 aliphatic carbocycles. The van der Waals surface area contributed by atoms with E-state index >= 15 is 0 Å². The summed E-state index contributed by atoms with van der Waals surface area (Å²) >= 11 is 1.09. The lowest BCUT2D eigenvalue weighted by atomic mass is 10.2. The molecule has 25 heavy (non-hydrogen) atoms. The number of anilines is 1. The molecule has 0 atom stereocenters. The van der Waals surface area contributed by atoms with E-state index in [1.54, 1.807) is 6.07 Å². The Hall–Kier alpha value is -2.79. The fourth-order valence-corrected chi connectivity index (χ4v) is 3.83. The van der Waals surface area contributed by atoms with Crippen molar-refractivity contribution in [2.45, 2.75) is 4.90 Å². The summed E-state index contributed by atoms with van der Waals surface area (Å²) < 4.78 is 25.0. The lowest BCUT2D eigenvalue weighted by Crippen LogP contribution is -2.19. The Labute approximate surface area is 145 Å². The number of nitrogens with one attached hydrogen (secondary N) is 1. The molecule has 1 amide bonds. The van der Waals surface area contributed by atoms with Gasteiger partial charge in [-0.1, -0.05) is 11.3 Å². The molecule has 3 aromatic rings. The van der Waals surface area contributed by atoms with Crippen LogP contribution in [0.15, 0.2) is 29.3 Å². The second kappa shape index (κ2) is 5.93. The van der Waals surface area contributed by atoms with Gasteiger partial charge in [0.1, 0.15) is 11.3 Å². The number of carboxylic acid groups (broad SMARTS) is 1. The van der Waals surface area contributed by atoms with Crippen LogP contribution in [0.1, 0.15) is 20.8 Å². The van der Waals surface area contributed by atoms with Crippen LogP contribution >= 0.6 is 11.3 Å². The number of aromatic carboxylic acids is 1. The highest BCUT2D eigenvalue weighted by Crippen LogP contribution is 2.28. The molecule has 9 nitrogen and oxygen atoms in total. The summed E-state index contributed by atoms with van der Waals surface area (Å²) in [6, 6.07) is 4.46. The third-order valence-electron chi connectivity index (χ3n) is 3.39. The summed E-state index contributed by atoms with van der Waals surface area (Å²) in [7, 11) is -1.89. The third kappa shape index (κ3) is 3.23. The maximum Gasteiger partial charge on any atom is 0.339 e. The zero-order valence-corrected chi connectivity index (χ0v) is 14.7. The van der Waals surface area contributed by atoms with E-state index in [0.717, 1.165) is 28.5 Å². The molecule has 0 unspecified atom stereocenters. The SMILES string of the molecule is Cn1ncc(C(=O)O)c1C(=O)Nc1nc2ccc(S(C)(=O)=O)cc2s1. The van der Waals surface area contributed by atoms with Gasteiger partial charge in [-0.2, -0.15) is 5.10 Å². The van der Waals surface area contributed by atoms with Crippen LogP contribution in [0.5, 0.6) is 0 Å². The van der Waals surface area contributed by atoms with E-state index in [4.69, 9.17) is 5.11 Å². The van der Waals surface area contributed by atoms with Crippen molar-refractivity contribution in [1.82, 2.24) is 14.8 Å². The van der Waals surface area contributed by atoms with Crippen LogP contribution in [0.4, 0.5) is 5.13 Å². The van der Waals surface area contributed by atoms with Crippen molar-refractivity contribution < 1.29 is 23.1 Å². The minimum Gasteiger partial charge on any atom is -0.478 e. The number of aromatic nitrogens is 3. The number of amides is 1. The van der Waals surface area contributed by atoms with Crippen molar-refractivity contribution in [2.75, 3.05) is 11.6 Å². The zero-order valence-electron chi connectivity index (χ0n) is 13.0.